The number of thiazole rings is 1. The van der Waals surface area contributed by atoms with Crippen LogP contribution in [0.2, 0.25) is 0 Å². The molecule has 1 aromatic heterocycles. The van der Waals surface area contributed by atoms with E-state index in [0.29, 0.717) is 12.3 Å². The maximum Gasteiger partial charge on any atom is 0.226 e. The molecule has 0 fully saturated rings. The molecule has 2 aromatic rings. The van der Waals surface area contributed by atoms with Crippen LogP contribution in [-0.2, 0) is 24.3 Å². The van der Waals surface area contributed by atoms with Crippen LogP contribution in [0, 0.1) is 5.92 Å². The highest BCUT2D eigenvalue weighted by Crippen LogP contribution is 2.29. The van der Waals surface area contributed by atoms with Crippen LogP contribution in [0.5, 0.6) is 0 Å². The number of nitrogens with one attached hydrogen (secondary N) is 1. The largest absolute Gasteiger partial charge is 0.302 e. The smallest absolute Gasteiger partial charge is 0.226 e. The fourth-order valence-electron chi connectivity index (χ4n) is 3.55. The standard InChI is InChI=1S/C20H23N3OS/c24-19(12-15-6-4-5-7-15)22-20-21-17-10-11-23(14-18(17)25-20)13-16-8-2-1-3-9-16/h1-4,6,8-9,15H,5,7,10-14H2,(H,21,22,24). The van der Waals surface area contributed by atoms with Crippen molar-refractivity contribution in [1.82, 2.24) is 9.88 Å². The maximum absolute atomic E-state index is 12.2. The molecule has 4 nitrogen and oxygen atoms in total. The van der Waals surface area contributed by atoms with Crippen molar-refractivity contribution >= 4 is 22.4 Å². The van der Waals surface area contributed by atoms with Gasteiger partial charge in [0.15, 0.2) is 5.13 Å². The van der Waals surface area contributed by atoms with Crippen LogP contribution in [0.3, 0.4) is 0 Å². The Labute approximate surface area is 152 Å². The lowest BCUT2D eigenvalue weighted by Gasteiger charge is -2.25. The number of fused-ring (bicyclic) bond motifs is 1. The van der Waals surface area contributed by atoms with Gasteiger partial charge in [-0.3, -0.25) is 9.69 Å². The van der Waals surface area contributed by atoms with Gasteiger partial charge in [0, 0.05) is 37.4 Å². The summed E-state index contributed by atoms with van der Waals surface area (Å²) in [6.45, 7) is 2.91. The number of hydrogen-bond donors (Lipinski definition) is 1. The van der Waals surface area contributed by atoms with E-state index in [1.807, 2.05) is 0 Å². The molecule has 4 rings (SSSR count). The highest BCUT2D eigenvalue weighted by atomic mass is 32.1. The van der Waals surface area contributed by atoms with Gasteiger partial charge < -0.3 is 5.32 Å². The van der Waals surface area contributed by atoms with Gasteiger partial charge in [0.05, 0.1) is 5.69 Å². The van der Waals surface area contributed by atoms with Crippen LogP contribution >= 0.6 is 11.3 Å². The average molecular weight is 353 g/mol. The van der Waals surface area contributed by atoms with Crippen LogP contribution in [0.1, 0.15) is 35.4 Å². The molecule has 0 spiro atoms. The molecule has 1 aliphatic carbocycles. The fourth-order valence-corrected chi connectivity index (χ4v) is 4.62. The third kappa shape index (κ3) is 4.17. The van der Waals surface area contributed by atoms with Gasteiger partial charge in [0.2, 0.25) is 5.91 Å². The molecule has 0 saturated heterocycles. The predicted octanol–water partition coefficient (Wildman–Crippen LogP) is 4.00. The number of amides is 1. The zero-order valence-corrected chi connectivity index (χ0v) is 15.1. The number of hydrogen-bond acceptors (Lipinski definition) is 4. The van der Waals surface area contributed by atoms with Crippen LogP contribution in [0.15, 0.2) is 42.5 Å². The van der Waals surface area contributed by atoms with Crippen molar-refractivity contribution in [3.05, 3.63) is 58.6 Å². The van der Waals surface area contributed by atoms with Gasteiger partial charge in [0.1, 0.15) is 0 Å². The van der Waals surface area contributed by atoms with E-state index in [2.05, 4.69) is 57.7 Å². The van der Waals surface area contributed by atoms with Crippen LogP contribution < -0.4 is 5.32 Å². The van der Waals surface area contributed by atoms with Crippen molar-refractivity contribution < 1.29 is 4.79 Å². The van der Waals surface area contributed by atoms with Gasteiger partial charge in [0.25, 0.3) is 0 Å². The number of aromatic nitrogens is 1. The highest BCUT2D eigenvalue weighted by molar-refractivity contribution is 7.15. The number of anilines is 1. The Hall–Kier alpha value is -1.98. The van der Waals surface area contributed by atoms with Crippen molar-refractivity contribution in [2.45, 2.75) is 38.8 Å². The van der Waals surface area contributed by atoms with E-state index in [-0.39, 0.29) is 5.91 Å². The van der Waals surface area contributed by atoms with Gasteiger partial charge in [-0.15, -0.1) is 11.3 Å². The van der Waals surface area contributed by atoms with E-state index in [0.717, 1.165) is 49.7 Å². The van der Waals surface area contributed by atoms with Crippen LogP contribution in [0.25, 0.3) is 0 Å². The second-order valence-electron chi connectivity index (χ2n) is 6.85. The minimum Gasteiger partial charge on any atom is -0.302 e. The first kappa shape index (κ1) is 16.5. The first-order valence-corrected chi connectivity index (χ1v) is 9.79. The third-order valence-corrected chi connectivity index (χ3v) is 5.86. The lowest BCUT2D eigenvalue weighted by atomic mass is 10.1. The zero-order valence-electron chi connectivity index (χ0n) is 14.3. The molecule has 25 heavy (non-hydrogen) atoms. The van der Waals surface area contributed by atoms with Crippen LogP contribution in [0.4, 0.5) is 5.13 Å². The molecule has 1 amide bonds. The lowest BCUT2D eigenvalue weighted by molar-refractivity contribution is -0.116. The number of allylic oxidation sites excluding steroid dienone is 2. The number of benzene rings is 1. The van der Waals surface area contributed by atoms with Crippen molar-refractivity contribution in [1.29, 1.82) is 0 Å². The molecule has 1 atom stereocenters. The van der Waals surface area contributed by atoms with Gasteiger partial charge >= 0.3 is 0 Å². The van der Waals surface area contributed by atoms with Crippen molar-refractivity contribution in [3.63, 3.8) is 0 Å². The quantitative estimate of drug-likeness (QED) is 0.827. The summed E-state index contributed by atoms with van der Waals surface area (Å²) in [6.07, 6.45) is 8.05. The molecule has 130 valence electrons. The maximum atomic E-state index is 12.2. The van der Waals surface area contributed by atoms with Crippen molar-refractivity contribution in [2.24, 2.45) is 5.92 Å². The minimum atomic E-state index is 0.0868. The normalized spacial score (nSPS) is 19.8. The molecule has 1 unspecified atom stereocenters. The van der Waals surface area contributed by atoms with Crippen LogP contribution in [-0.4, -0.2) is 22.3 Å². The summed E-state index contributed by atoms with van der Waals surface area (Å²) in [6, 6.07) is 10.6. The third-order valence-electron chi connectivity index (χ3n) is 4.87. The van der Waals surface area contributed by atoms with Crippen molar-refractivity contribution in [3.8, 4) is 0 Å². The molecule has 2 aliphatic rings. The number of rotatable bonds is 5. The average Bonchev–Trinajstić information content (AvgIpc) is 3.24. The minimum absolute atomic E-state index is 0.0868. The van der Waals surface area contributed by atoms with Gasteiger partial charge in [-0.2, -0.15) is 0 Å². The first-order chi connectivity index (χ1) is 12.3. The molecule has 1 N–H and O–H groups in total. The zero-order chi connectivity index (χ0) is 17.1. The Bertz CT molecular complexity index is 769. The summed E-state index contributed by atoms with van der Waals surface area (Å²) in [5, 5.41) is 3.77. The van der Waals surface area contributed by atoms with Crippen molar-refractivity contribution in [2.75, 3.05) is 11.9 Å². The summed E-state index contributed by atoms with van der Waals surface area (Å²) in [5.41, 5.74) is 2.50. The predicted molar refractivity (Wildman–Crippen MR) is 101 cm³/mol. The molecule has 1 aliphatic heterocycles. The van der Waals surface area contributed by atoms with E-state index in [1.54, 1.807) is 11.3 Å². The summed E-state index contributed by atoms with van der Waals surface area (Å²) < 4.78 is 0. The topological polar surface area (TPSA) is 45.2 Å². The molecule has 0 radical (unpaired) electrons. The Morgan fingerprint density at radius 3 is 3.00 bits per heavy atom. The van der Waals surface area contributed by atoms with Gasteiger partial charge in [-0.1, -0.05) is 42.5 Å². The molecular formula is C20H23N3OS. The van der Waals surface area contributed by atoms with E-state index >= 15 is 0 Å². The Kier molecular flexibility index (Phi) is 4.95. The molecule has 0 bridgehead atoms. The molecule has 2 heterocycles. The summed E-state index contributed by atoms with van der Waals surface area (Å²) in [7, 11) is 0. The van der Waals surface area contributed by atoms with E-state index < -0.39 is 0 Å². The summed E-state index contributed by atoms with van der Waals surface area (Å²) >= 11 is 1.63. The van der Waals surface area contributed by atoms with E-state index in [4.69, 9.17) is 0 Å². The molecule has 0 saturated carbocycles. The van der Waals surface area contributed by atoms with E-state index in [9.17, 15) is 4.79 Å². The number of carbonyl (C=O) groups excluding carboxylic acids is 1. The van der Waals surface area contributed by atoms with Gasteiger partial charge in [-0.05, 0) is 24.3 Å². The molecule has 1 aromatic carbocycles. The SMILES string of the molecule is O=C(CC1C=CCC1)Nc1nc2c(s1)CN(Cc1ccccc1)CC2. The summed E-state index contributed by atoms with van der Waals surface area (Å²) in [4.78, 5) is 20.6. The highest BCUT2D eigenvalue weighted by Gasteiger charge is 2.22. The fraction of sp³-hybridized carbons (Fsp3) is 0.400. The summed E-state index contributed by atoms with van der Waals surface area (Å²) in [5.74, 6) is 0.486. The second kappa shape index (κ2) is 7.50. The second-order valence-corrected chi connectivity index (χ2v) is 7.94. The Morgan fingerprint density at radius 2 is 2.20 bits per heavy atom. The molecular weight excluding hydrogens is 330 g/mol. The van der Waals surface area contributed by atoms with E-state index in [1.165, 1.54) is 10.4 Å². The number of nitrogens with zero attached hydrogens (tertiary/aromatic N) is 2. The Balaban J connectivity index is 1.35. The molecule has 5 heteroatoms. The monoisotopic (exact) mass is 353 g/mol. The lowest BCUT2D eigenvalue weighted by Crippen LogP contribution is -2.29. The Morgan fingerprint density at radius 1 is 1.32 bits per heavy atom. The van der Waals surface area contributed by atoms with Gasteiger partial charge in [-0.25, -0.2) is 4.98 Å². The number of carbonyl (C=O) groups is 1. The first-order valence-electron chi connectivity index (χ1n) is 8.97.